The highest BCUT2D eigenvalue weighted by molar-refractivity contribution is 5.98. The van der Waals surface area contributed by atoms with E-state index in [9.17, 15) is 10.1 Å². The van der Waals surface area contributed by atoms with Gasteiger partial charge in [-0.2, -0.15) is 5.26 Å². The van der Waals surface area contributed by atoms with Crippen molar-refractivity contribution in [2.45, 2.75) is 13.5 Å². The molecule has 3 aromatic heterocycles. The summed E-state index contributed by atoms with van der Waals surface area (Å²) in [4.78, 5) is 18.4. The molecule has 0 spiro atoms. The summed E-state index contributed by atoms with van der Waals surface area (Å²) in [6, 6.07) is 9.47. The lowest BCUT2D eigenvalue weighted by molar-refractivity contribution is 0.0783. The van der Waals surface area contributed by atoms with E-state index >= 15 is 0 Å². The zero-order valence-corrected chi connectivity index (χ0v) is 13.4. The fourth-order valence-corrected chi connectivity index (χ4v) is 2.57. The van der Waals surface area contributed by atoms with E-state index in [2.05, 4.69) is 11.1 Å². The molecule has 0 atom stereocenters. The van der Waals surface area contributed by atoms with Crippen molar-refractivity contribution in [2.75, 3.05) is 7.05 Å². The molecule has 1 amide bonds. The lowest BCUT2D eigenvalue weighted by atomic mass is 10.1. The van der Waals surface area contributed by atoms with Crippen LogP contribution in [0, 0.1) is 18.3 Å². The molecule has 0 N–H and O–H groups in total. The van der Waals surface area contributed by atoms with Crippen molar-refractivity contribution in [3.63, 3.8) is 0 Å². The Bertz CT molecular complexity index is 889. The third kappa shape index (κ3) is 2.79. The number of carbonyl (C=O) groups excluding carboxylic acids is 1. The number of hydrogen-bond donors (Lipinski definition) is 0. The fourth-order valence-electron chi connectivity index (χ4n) is 2.57. The van der Waals surface area contributed by atoms with Gasteiger partial charge in [-0.25, -0.2) is 0 Å². The van der Waals surface area contributed by atoms with Gasteiger partial charge in [0.2, 0.25) is 5.88 Å². The van der Waals surface area contributed by atoms with Gasteiger partial charge >= 0.3 is 0 Å². The van der Waals surface area contributed by atoms with E-state index < -0.39 is 0 Å². The van der Waals surface area contributed by atoms with Crippen molar-refractivity contribution in [3.05, 3.63) is 71.5 Å². The smallest absolute Gasteiger partial charge is 0.258 e. The summed E-state index contributed by atoms with van der Waals surface area (Å²) in [5.74, 6) is 0.534. The minimum Gasteiger partial charge on any atom is -0.443 e. The molecule has 0 aliphatic carbocycles. The van der Waals surface area contributed by atoms with Crippen molar-refractivity contribution in [2.24, 2.45) is 0 Å². The van der Waals surface area contributed by atoms with Gasteiger partial charge in [0, 0.05) is 38.4 Å². The Balaban J connectivity index is 1.94. The number of aryl methyl sites for hydroxylation is 1. The maximum absolute atomic E-state index is 12.8. The molecule has 0 unspecified atom stereocenters. The average Bonchev–Trinajstić information content (AvgIpc) is 3.22. The van der Waals surface area contributed by atoms with Crippen molar-refractivity contribution >= 4 is 5.91 Å². The van der Waals surface area contributed by atoms with Crippen molar-refractivity contribution < 1.29 is 9.21 Å². The number of carbonyl (C=O) groups is 1. The van der Waals surface area contributed by atoms with Crippen LogP contribution in [0.1, 0.15) is 27.2 Å². The van der Waals surface area contributed by atoms with E-state index in [1.54, 1.807) is 48.2 Å². The molecule has 0 aliphatic heterocycles. The summed E-state index contributed by atoms with van der Waals surface area (Å²) >= 11 is 0. The number of aromatic nitrogens is 2. The van der Waals surface area contributed by atoms with E-state index in [0.29, 0.717) is 23.8 Å². The highest BCUT2D eigenvalue weighted by Gasteiger charge is 2.26. The monoisotopic (exact) mass is 320 g/mol. The number of nitrogens with zero attached hydrogens (tertiary/aromatic N) is 4. The summed E-state index contributed by atoms with van der Waals surface area (Å²) in [5, 5.41) is 9.53. The molecule has 120 valence electrons. The lowest BCUT2D eigenvalue weighted by Gasteiger charge is -2.16. The third-order valence-electron chi connectivity index (χ3n) is 3.72. The molecule has 3 aromatic rings. The van der Waals surface area contributed by atoms with E-state index in [1.807, 2.05) is 24.3 Å². The zero-order valence-electron chi connectivity index (χ0n) is 13.4. The summed E-state index contributed by atoms with van der Waals surface area (Å²) in [7, 11) is 1.69. The lowest BCUT2D eigenvalue weighted by Crippen LogP contribution is -2.27. The highest BCUT2D eigenvalue weighted by Crippen LogP contribution is 2.26. The maximum atomic E-state index is 12.8. The number of nitriles is 1. The number of rotatable bonds is 4. The van der Waals surface area contributed by atoms with Crippen LogP contribution in [0.25, 0.3) is 5.88 Å². The number of amides is 1. The van der Waals surface area contributed by atoms with Gasteiger partial charge < -0.3 is 9.32 Å². The van der Waals surface area contributed by atoms with E-state index in [-0.39, 0.29) is 11.5 Å². The first-order valence-electron chi connectivity index (χ1n) is 7.43. The highest BCUT2D eigenvalue weighted by atomic mass is 16.4. The number of hydrogen-bond acceptors (Lipinski definition) is 4. The topological polar surface area (TPSA) is 75.1 Å². The average molecular weight is 320 g/mol. The maximum Gasteiger partial charge on any atom is 0.258 e. The normalized spacial score (nSPS) is 10.4. The molecule has 0 aromatic carbocycles. The molecule has 3 rings (SSSR count). The van der Waals surface area contributed by atoms with Gasteiger partial charge in [0.15, 0.2) is 0 Å². The Labute approximate surface area is 139 Å². The first-order chi connectivity index (χ1) is 11.6. The van der Waals surface area contributed by atoms with Crippen LogP contribution in [0.15, 0.2) is 53.5 Å². The molecular formula is C18H16N4O2. The molecule has 6 nitrogen and oxygen atoms in total. The molecule has 0 bridgehead atoms. The third-order valence-corrected chi connectivity index (χ3v) is 3.72. The molecular weight excluding hydrogens is 304 g/mol. The Morgan fingerprint density at radius 2 is 2.12 bits per heavy atom. The summed E-state index contributed by atoms with van der Waals surface area (Å²) in [6.07, 6.45) is 6.94. The van der Waals surface area contributed by atoms with Crippen molar-refractivity contribution in [1.82, 2.24) is 14.5 Å². The molecule has 0 saturated carbocycles. The van der Waals surface area contributed by atoms with Crippen LogP contribution in [-0.2, 0) is 6.54 Å². The Hall–Kier alpha value is -3.33. The van der Waals surface area contributed by atoms with E-state index in [0.717, 1.165) is 5.56 Å². The minimum absolute atomic E-state index is 0.242. The van der Waals surface area contributed by atoms with Crippen LogP contribution < -0.4 is 0 Å². The van der Waals surface area contributed by atoms with Crippen molar-refractivity contribution in [1.29, 1.82) is 5.26 Å². The molecule has 0 saturated heterocycles. The molecule has 0 radical (unpaired) electrons. The SMILES string of the molecule is Cc1oc(-n2cccc2)c(C#N)c1C(=O)N(C)Cc1cccnc1. The Kier molecular flexibility index (Phi) is 4.17. The second-order valence-corrected chi connectivity index (χ2v) is 5.44. The van der Waals surface area contributed by atoms with Gasteiger partial charge in [0.05, 0.1) is 0 Å². The van der Waals surface area contributed by atoms with Gasteiger partial charge in [0.25, 0.3) is 5.91 Å². The van der Waals surface area contributed by atoms with Crippen LogP contribution >= 0.6 is 0 Å². The Morgan fingerprint density at radius 1 is 1.38 bits per heavy atom. The van der Waals surface area contributed by atoms with E-state index in [4.69, 9.17) is 4.42 Å². The second kappa shape index (κ2) is 6.42. The molecule has 24 heavy (non-hydrogen) atoms. The fraction of sp³-hybridized carbons (Fsp3) is 0.167. The summed E-state index contributed by atoms with van der Waals surface area (Å²) in [6.45, 7) is 2.10. The predicted octanol–water partition coefficient (Wildman–Crippen LogP) is 2.92. The molecule has 3 heterocycles. The van der Waals surface area contributed by atoms with Gasteiger partial charge in [-0.15, -0.1) is 0 Å². The van der Waals surface area contributed by atoms with Gasteiger partial charge in [-0.05, 0) is 30.7 Å². The first-order valence-corrected chi connectivity index (χ1v) is 7.43. The van der Waals surface area contributed by atoms with Crippen LogP contribution in [0.2, 0.25) is 0 Å². The van der Waals surface area contributed by atoms with E-state index in [1.165, 1.54) is 0 Å². The standard InChI is InChI=1S/C18H16N4O2/c1-13-16(15(10-19)18(24-13)22-8-3-4-9-22)17(23)21(2)12-14-6-5-7-20-11-14/h3-9,11H,12H2,1-2H3. The number of pyridine rings is 1. The minimum atomic E-state index is -0.255. The molecule has 0 fully saturated rings. The zero-order chi connectivity index (χ0) is 17.1. The van der Waals surface area contributed by atoms with Gasteiger partial charge in [-0.3, -0.25) is 14.3 Å². The first kappa shape index (κ1) is 15.6. The second-order valence-electron chi connectivity index (χ2n) is 5.44. The van der Waals surface area contributed by atoms with Crippen LogP contribution in [-0.4, -0.2) is 27.4 Å². The summed E-state index contributed by atoms with van der Waals surface area (Å²) < 4.78 is 7.37. The predicted molar refractivity (Wildman–Crippen MR) is 87.5 cm³/mol. The number of furan rings is 1. The van der Waals surface area contributed by atoms with Gasteiger partial charge in [-0.1, -0.05) is 6.07 Å². The van der Waals surface area contributed by atoms with Crippen LogP contribution in [0.3, 0.4) is 0 Å². The largest absolute Gasteiger partial charge is 0.443 e. The molecule has 6 heteroatoms. The Morgan fingerprint density at radius 3 is 2.75 bits per heavy atom. The van der Waals surface area contributed by atoms with Gasteiger partial charge in [0.1, 0.15) is 23.0 Å². The van der Waals surface area contributed by atoms with Crippen LogP contribution in [0.4, 0.5) is 0 Å². The quantitative estimate of drug-likeness (QED) is 0.740. The van der Waals surface area contributed by atoms with Crippen molar-refractivity contribution in [3.8, 4) is 12.0 Å². The molecule has 0 aliphatic rings. The van der Waals surface area contributed by atoms with Crippen LogP contribution in [0.5, 0.6) is 0 Å². The summed E-state index contributed by atoms with van der Waals surface area (Å²) in [5.41, 5.74) is 1.46.